The second kappa shape index (κ2) is 8.89. The molecule has 190 valence electrons. The van der Waals surface area contributed by atoms with Crippen molar-refractivity contribution in [3.8, 4) is 5.75 Å². The molecule has 10 heteroatoms. The van der Waals surface area contributed by atoms with E-state index in [1.807, 2.05) is 26.8 Å². The Morgan fingerprint density at radius 1 is 1.00 bits per heavy atom. The number of anilines is 2. The summed E-state index contributed by atoms with van der Waals surface area (Å²) in [6.45, 7) is 11.1. The Balaban J connectivity index is 1.64. The molecule has 2 heterocycles. The number of benzene rings is 2. The maximum absolute atomic E-state index is 14.5. The van der Waals surface area contributed by atoms with E-state index in [1.54, 1.807) is 30.9 Å². The van der Waals surface area contributed by atoms with Gasteiger partial charge in [-0.25, -0.2) is 17.6 Å². The minimum absolute atomic E-state index is 0.0343. The van der Waals surface area contributed by atoms with Crippen molar-refractivity contribution in [3.05, 3.63) is 48.3 Å². The molecule has 1 fully saturated rings. The summed E-state index contributed by atoms with van der Waals surface area (Å²) in [7, 11) is -4.17. The zero-order chi connectivity index (χ0) is 25.6. The van der Waals surface area contributed by atoms with Gasteiger partial charge < -0.3 is 19.3 Å². The SMILES string of the molecule is CC(C)(C)OC(=O)N1CCN(c2cccc3c2OC(C)(C)CN3S(=O)(=O)c2ccccc2F)CC1. The number of hydrogen-bond donors (Lipinski definition) is 0. The maximum atomic E-state index is 14.5. The Morgan fingerprint density at radius 3 is 2.26 bits per heavy atom. The summed E-state index contributed by atoms with van der Waals surface area (Å²) in [5.41, 5.74) is -0.327. The van der Waals surface area contributed by atoms with Crippen LogP contribution in [0.4, 0.5) is 20.6 Å². The number of halogens is 1. The molecule has 2 aliphatic heterocycles. The van der Waals surface area contributed by atoms with Crippen LogP contribution in [0.2, 0.25) is 0 Å². The van der Waals surface area contributed by atoms with Gasteiger partial charge in [0.05, 0.1) is 17.9 Å². The van der Waals surface area contributed by atoms with Crippen LogP contribution in [0.15, 0.2) is 47.4 Å². The van der Waals surface area contributed by atoms with Gasteiger partial charge in [0.2, 0.25) is 0 Å². The third-order valence-corrected chi connectivity index (χ3v) is 7.61. The van der Waals surface area contributed by atoms with Gasteiger partial charge in [-0.3, -0.25) is 4.31 Å². The molecular weight excluding hydrogens is 473 g/mol. The van der Waals surface area contributed by atoms with Gasteiger partial charge in [0.1, 0.15) is 21.9 Å². The van der Waals surface area contributed by atoms with Crippen molar-refractivity contribution in [2.75, 3.05) is 41.9 Å². The van der Waals surface area contributed by atoms with E-state index in [4.69, 9.17) is 9.47 Å². The summed E-state index contributed by atoms with van der Waals surface area (Å²) < 4.78 is 54.6. The van der Waals surface area contributed by atoms with Crippen LogP contribution in [0.3, 0.4) is 0 Å². The number of rotatable bonds is 3. The summed E-state index contributed by atoms with van der Waals surface area (Å²) in [5, 5.41) is 0. The fourth-order valence-electron chi connectivity index (χ4n) is 4.25. The first-order valence-electron chi connectivity index (χ1n) is 11.6. The third kappa shape index (κ3) is 5.17. The molecule has 1 amide bonds. The molecule has 35 heavy (non-hydrogen) atoms. The van der Waals surface area contributed by atoms with Crippen molar-refractivity contribution >= 4 is 27.5 Å². The molecule has 0 aliphatic carbocycles. The summed E-state index contributed by atoms with van der Waals surface area (Å²) >= 11 is 0. The van der Waals surface area contributed by atoms with Crippen LogP contribution in [0.5, 0.6) is 5.75 Å². The minimum Gasteiger partial charge on any atom is -0.482 e. The van der Waals surface area contributed by atoms with Gasteiger partial charge in [0.15, 0.2) is 5.75 Å². The highest BCUT2D eigenvalue weighted by Gasteiger charge is 2.41. The molecule has 2 aliphatic rings. The van der Waals surface area contributed by atoms with Crippen molar-refractivity contribution < 1.29 is 27.1 Å². The van der Waals surface area contributed by atoms with Gasteiger partial charge in [0.25, 0.3) is 10.0 Å². The maximum Gasteiger partial charge on any atom is 0.410 e. The van der Waals surface area contributed by atoms with Crippen molar-refractivity contribution in [2.24, 2.45) is 0 Å². The number of piperazine rings is 1. The average molecular weight is 506 g/mol. The first-order valence-corrected chi connectivity index (χ1v) is 13.0. The lowest BCUT2D eigenvalue weighted by molar-refractivity contribution is 0.0240. The van der Waals surface area contributed by atoms with E-state index in [-0.39, 0.29) is 17.5 Å². The molecule has 2 aromatic carbocycles. The van der Waals surface area contributed by atoms with Crippen LogP contribution in [-0.4, -0.2) is 63.3 Å². The van der Waals surface area contributed by atoms with Crippen LogP contribution in [0.1, 0.15) is 34.6 Å². The molecular formula is C25H32FN3O5S. The number of para-hydroxylation sites is 1. The predicted molar refractivity (Wildman–Crippen MR) is 132 cm³/mol. The molecule has 2 aromatic rings. The quantitative estimate of drug-likeness (QED) is 0.621. The van der Waals surface area contributed by atoms with Crippen molar-refractivity contribution in [3.63, 3.8) is 0 Å². The van der Waals surface area contributed by atoms with Crippen LogP contribution in [0.25, 0.3) is 0 Å². The van der Waals surface area contributed by atoms with Crippen molar-refractivity contribution in [2.45, 2.75) is 50.7 Å². The zero-order valence-electron chi connectivity index (χ0n) is 20.7. The van der Waals surface area contributed by atoms with Gasteiger partial charge in [-0.2, -0.15) is 0 Å². The van der Waals surface area contributed by atoms with Gasteiger partial charge in [-0.1, -0.05) is 18.2 Å². The van der Waals surface area contributed by atoms with Gasteiger partial charge in [-0.05, 0) is 58.9 Å². The van der Waals surface area contributed by atoms with E-state index in [9.17, 15) is 17.6 Å². The second-order valence-corrected chi connectivity index (χ2v) is 12.2. The van der Waals surface area contributed by atoms with Crippen molar-refractivity contribution in [1.82, 2.24) is 4.90 Å². The number of nitrogens with zero attached hydrogens (tertiary/aromatic N) is 3. The predicted octanol–water partition coefficient (Wildman–Crippen LogP) is 4.25. The summed E-state index contributed by atoms with van der Waals surface area (Å²) in [6, 6.07) is 10.7. The summed E-state index contributed by atoms with van der Waals surface area (Å²) in [6.07, 6.45) is -0.355. The fourth-order valence-corrected chi connectivity index (χ4v) is 5.93. The zero-order valence-corrected chi connectivity index (χ0v) is 21.6. The van der Waals surface area contributed by atoms with Crippen LogP contribution >= 0.6 is 0 Å². The first kappa shape index (κ1) is 25.1. The molecule has 0 bridgehead atoms. The van der Waals surface area contributed by atoms with E-state index in [2.05, 4.69) is 4.90 Å². The van der Waals surface area contributed by atoms with Crippen LogP contribution < -0.4 is 13.9 Å². The number of fused-ring (bicyclic) bond motifs is 1. The number of sulfonamides is 1. The molecule has 0 atom stereocenters. The molecule has 8 nitrogen and oxygen atoms in total. The number of carbonyl (C=O) groups is 1. The van der Waals surface area contributed by atoms with Gasteiger partial charge >= 0.3 is 6.09 Å². The molecule has 1 saturated heterocycles. The molecule has 0 N–H and O–H groups in total. The van der Waals surface area contributed by atoms with E-state index in [1.165, 1.54) is 22.5 Å². The lowest BCUT2D eigenvalue weighted by Gasteiger charge is -2.43. The summed E-state index contributed by atoms with van der Waals surface area (Å²) in [4.78, 5) is 15.8. The van der Waals surface area contributed by atoms with Crippen molar-refractivity contribution in [1.29, 1.82) is 0 Å². The first-order chi connectivity index (χ1) is 16.3. The lowest BCUT2D eigenvalue weighted by Crippen LogP contribution is -2.52. The van der Waals surface area contributed by atoms with Gasteiger partial charge in [0, 0.05) is 26.2 Å². The standard InChI is InChI=1S/C25H32FN3O5S/c1-24(2,3)34-23(30)28-15-13-27(14-16-28)19-10-8-11-20-22(19)33-25(4,5)17-29(20)35(31,32)21-12-7-6-9-18(21)26/h6-12H,13-17H2,1-5H3. The number of ether oxygens (including phenoxy) is 2. The molecule has 4 rings (SSSR count). The normalized spacial score (nSPS) is 18.1. The molecule has 0 saturated carbocycles. The lowest BCUT2D eigenvalue weighted by atomic mass is 10.1. The third-order valence-electron chi connectivity index (χ3n) is 5.82. The molecule has 0 unspecified atom stereocenters. The van der Waals surface area contributed by atoms with Crippen LogP contribution in [-0.2, 0) is 14.8 Å². The Morgan fingerprint density at radius 2 is 1.63 bits per heavy atom. The van der Waals surface area contributed by atoms with E-state index in [0.29, 0.717) is 37.6 Å². The molecule has 0 spiro atoms. The highest BCUT2D eigenvalue weighted by molar-refractivity contribution is 7.92. The molecule has 0 aromatic heterocycles. The average Bonchev–Trinajstić information content (AvgIpc) is 2.77. The highest BCUT2D eigenvalue weighted by Crippen LogP contribution is 2.46. The Bertz CT molecular complexity index is 1220. The van der Waals surface area contributed by atoms with E-state index < -0.39 is 27.0 Å². The number of hydrogen-bond acceptors (Lipinski definition) is 6. The smallest absolute Gasteiger partial charge is 0.410 e. The topological polar surface area (TPSA) is 79.4 Å². The second-order valence-electron chi connectivity index (χ2n) is 10.4. The Labute approximate surface area is 206 Å². The summed E-state index contributed by atoms with van der Waals surface area (Å²) in [5.74, 6) is -0.373. The van der Waals surface area contributed by atoms with E-state index >= 15 is 0 Å². The van der Waals surface area contributed by atoms with Gasteiger partial charge in [-0.15, -0.1) is 0 Å². The van der Waals surface area contributed by atoms with Crippen LogP contribution in [0, 0.1) is 5.82 Å². The highest BCUT2D eigenvalue weighted by atomic mass is 32.2. The van der Waals surface area contributed by atoms with E-state index in [0.717, 1.165) is 11.8 Å². The Hall–Kier alpha value is -3.01. The molecule has 0 radical (unpaired) electrons. The minimum atomic E-state index is -4.17. The monoisotopic (exact) mass is 505 g/mol. The number of carbonyl (C=O) groups excluding carboxylic acids is 1. The largest absolute Gasteiger partial charge is 0.482 e. The number of amides is 1. The fraction of sp³-hybridized carbons (Fsp3) is 0.480. The Kier molecular flexibility index (Phi) is 6.37.